The van der Waals surface area contributed by atoms with Crippen molar-refractivity contribution in [2.75, 3.05) is 5.73 Å². The number of nitrogen functional groups attached to an aromatic ring is 1. The van der Waals surface area contributed by atoms with Gasteiger partial charge in [0.05, 0.1) is 10.7 Å². The highest BCUT2D eigenvalue weighted by atomic mass is 79.9. The number of hydrogen-bond acceptors (Lipinski definition) is 4. The summed E-state index contributed by atoms with van der Waals surface area (Å²) in [7, 11) is 0. The topological polar surface area (TPSA) is 61.0 Å². The van der Waals surface area contributed by atoms with Gasteiger partial charge in [0, 0.05) is 0 Å². The van der Waals surface area contributed by atoms with E-state index in [1.165, 1.54) is 0 Å². The van der Waals surface area contributed by atoms with E-state index in [2.05, 4.69) is 38.0 Å². The third-order valence-electron chi connectivity index (χ3n) is 2.91. The van der Waals surface area contributed by atoms with Gasteiger partial charge in [-0.1, -0.05) is 42.5 Å². The van der Waals surface area contributed by atoms with Crippen LogP contribution in [0.25, 0.3) is 11.1 Å². The quantitative estimate of drug-likeness (QED) is 0.772. The number of aromatic nitrogens is 2. The van der Waals surface area contributed by atoms with Crippen molar-refractivity contribution in [2.24, 2.45) is 0 Å². The molecule has 0 amide bonds. The van der Waals surface area contributed by atoms with Crippen LogP contribution in [0.15, 0.2) is 65.3 Å². The lowest BCUT2D eigenvalue weighted by Crippen LogP contribution is -1.97. The Balaban J connectivity index is 1.83. The molecule has 3 aromatic rings. The summed E-state index contributed by atoms with van der Waals surface area (Å²) in [6.07, 6.45) is 1.57. The normalized spacial score (nSPS) is 10.3. The predicted molar refractivity (Wildman–Crippen MR) is 86.1 cm³/mol. The number of rotatable bonds is 3. The molecule has 0 aliphatic heterocycles. The zero-order valence-electron chi connectivity index (χ0n) is 11.0. The molecule has 2 aromatic carbocycles. The number of nitrogens with zero attached hydrogens (tertiary/aromatic N) is 2. The maximum absolute atomic E-state index is 5.70. The molecule has 4 nitrogen and oxygen atoms in total. The van der Waals surface area contributed by atoms with Crippen LogP contribution in [0.2, 0.25) is 0 Å². The summed E-state index contributed by atoms with van der Waals surface area (Å²) in [5.74, 6) is 1.26. The number of hydrogen-bond donors (Lipinski definition) is 1. The predicted octanol–water partition coefficient (Wildman–Crippen LogP) is 4.28. The summed E-state index contributed by atoms with van der Waals surface area (Å²) in [4.78, 5) is 7.92. The van der Waals surface area contributed by atoms with Crippen LogP contribution < -0.4 is 10.5 Å². The van der Waals surface area contributed by atoms with E-state index in [1.807, 2.05) is 42.5 Å². The molecule has 21 heavy (non-hydrogen) atoms. The number of halogens is 1. The van der Waals surface area contributed by atoms with Crippen molar-refractivity contribution < 1.29 is 4.74 Å². The Morgan fingerprint density at radius 3 is 2.29 bits per heavy atom. The van der Waals surface area contributed by atoms with E-state index in [0.29, 0.717) is 16.1 Å². The second-order valence-corrected chi connectivity index (χ2v) is 5.23. The standard InChI is InChI=1S/C16H12BrN3O/c17-14-10-19-16(18)20-15(14)21-13-8-6-12(7-9-13)11-4-2-1-3-5-11/h1-10H,(H2,18,19,20). The average Bonchev–Trinajstić information content (AvgIpc) is 2.53. The minimum absolute atomic E-state index is 0.175. The fraction of sp³-hybridized carbons (Fsp3) is 0. The van der Waals surface area contributed by atoms with Crippen molar-refractivity contribution in [3.63, 3.8) is 0 Å². The summed E-state index contributed by atoms with van der Waals surface area (Å²) in [5, 5.41) is 0. The number of ether oxygens (including phenoxy) is 1. The minimum atomic E-state index is 0.175. The zero-order valence-corrected chi connectivity index (χ0v) is 12.6. The van der Waals surface area contributed by atoms with Gasteiger partial charge in [-0.05, 0) is 39.2 Å². The van der Waals surface area contributed by atoms with Crippen molar-refractivity contribution in [3.8, 4) is 22.8 Å². The van der Waals surface area contributed by atoms with Gasteiger partial charge in [-0.3, -0.25) is 0 Å². The molecule has 3 rings (SSSR count). The largest absolute Gasteiger partial charge is 0.438 e. The van der Waals surface area contributed by atoms with E-state index >= 15 is 0 Å². The molecule has 0 spiro atoms. The molecule has 0 saturated heterocycles. The van der Waals surface area contributed by atoms with Gasteiger partial charge < -0.3 is 10.5 Å². The Morgan fingerprint density at radius 1 is 0.905 bits per heavy atom. The lowest BCUT2D eigenvalue weighted by molar-refractivity contribution is 0.459. The minimum Gasteiger partial charge on any atom is -0.438 e. The molecule has 5 heteroatoms. The van der Waals surface area contributed by atoms with E-state index < -0.39 is 0 Å². The maximum Gasteiger partial charge on any atom is 0.238 e. The van der Waals surface area contributed by atoms with E-state index in [0.717, 1.165) is 11.1 Å². The Morgan fingerprint density at radius 2 is 1.57 bits per heavy atom. The van der Waals surface area contributed by atoms with Crippen LogP contribution in [0.3, 0.4) is 0 Å². The van der Waals surface area contributed by atoms with Gasteiger partial charge in [-0.15, -0.1) is 0 Å². The number of anilines is 1. The van der Waals surface area contributed by atoms with Crippen LogP contribution in [0.5, 0.6) is 11.6 Å². The lowest BCUT2D eigenvalue weighted by atomic mass is 10.1. The van der Waals surface area contributed by atoms with Gasteiger partial charge in [0.25, 0.3) is 0 Å². The summed E-state index contributed by atoms with van der Waals surface area (Å²) in [5.41, 5.74) is 7.85. The van der Waals surface area contributed by atoms with Gasteiger partial charge in [0.1, 0.15) is 5.75 Å². The van der Waals surface area contributed by atoms with Crippen molar-refractivity contribution in [3.05, 3.63) is 65.3 Å². The summed E-state index contributed by atoms with van der Waals surface area (Å²) in [6, 6.07) is 18.0. The Hall–Kier alpha value is -2.40. The van der Waals surface area contributed by atoms with Crippen LogP contribution in [0.4, 0.5) is 5.95 Å². The van der Waals surface area contributed by atoms with Crippen LogP contribution in [0, 0.1) is 0 Å². The fourth-order valence-electron chi connectivity index (χ4n) is 1.89. The van der Waals surface area contributed by atoms with Crippen molar-refractivity contribution in [2.45, 2.75) is 0 Å². The molecule has 0 saturated carbocycles. The maximum atomic E-state index is 5.70. The first-order valence-electron chi connectivity index (χ1n) is 6.34. The summed E-state index contributed by atoms with van der Waals surface area (Å²) >= 11 is 3.33. The molecule has 0 bridgehead atoms. The monoisotopic (exact) mass is 341 g/mol. The molecule has 0 atom stereocenters. The van der Waals surface area contributed by atoms with Crippen molar-refractivity contribution in [1.29, 1.82) is 0 Å². The molecule has 1 aromatic heterocycles. The molecule has 2 N–H and O–H groups in total. The molecule has 0 aliphatic carbocycles. The summed E-state index contributed by atoms with van der Waals surface area (Å²) in [6.45, 7) is 0. The second kappa shape index (κ2) is 5.93. The summed E-state index contributed by atoms with van der Waals surface area (Å²) < 4.78 is 6.36. The van der Waals surface area contributed by atoms with Crippen LogP contribution in [-0.2, 0) is 0 Å². The Bertz CT molecular complexity index is 745. The second-order valence-electron chi connectivity index (χ2n) is 4.37. The average molecular weight is 342 g/mol. The van der Waals surface area contributed by atoms with Crippen LogP contribution in [-0.4, -0.2) is 9.97 Å². The SMILES string of the molecule is Nc1ncc(Br)c(Oc2ccc(-c3ccccc3)cc2)n1. The first-order chi connectivity index (χ1) is 10.2. The fourth-order valence-corrected chi connectivity index (χ4v) is 2.17. The van der Waals surface area contributed by atoms with E-state index in [9.17, 15) is 0 Å². The Labute approximate surface area is 130 Å². The highest BCUT2D eigenvalue weighted by Crippen LogP contribution is 2.29. The molecular formula is C16H12BrN3O. The van der Waals surface area contributed by atoms with Gasteiger partial charge >= 0.3 is 0 Å². The third kappa shape index (κ3) is 3.20. The van der Waals surface area contributed by atoms with Gasteiger partial charge in [-0.25, -0.2) is 4.98 Å². The highest BCUT2D eigenvalue weighted by Gasteiger charge is 2.06. The van der Waals surface area contributed by atoms with Gasteiger partial charge in [-0.2, -0.15) is 4.98 Å². The highest BCUT2D eigenvalue weighted by molar-refractivity contribution is 9.10. The van der Waals surface area contributed by atoms with Crippen molar-refractivity contribution in [1.82, 2.24) is 9.97 Å². The number of benzene rings is 2. The van der Waals surface area contributed by atoms with Gasteiger partial charge in [0.15, 0.2) is 0 Å². The van der Waals surface area contributed by atoms with Crippen LogP contribution >= 0.6 is 15.9 Å². The molecule has 0 aliphatic rings. The number of nitrogens with two attached hydrogens (primary N) is 1. The third-order valence-corrected chi connectivity index (χ3v) is 3.45. The molecular weight excluding hydrogens is 330 g/mol. The van der Waals surface area contributed by atoms with E-state index in [4.69, 9.17) is 10.5 Å². The first kappa shape index (κ1) is 13.6. The molecule has 0 radical (unpaired) electrons. The zero-order chi connectivity index (χ0) is 14.7. The van der Waals surface area contributed by atoms with E-state index in [1.54, 1.807) is 6.20 Å². The van der Waals surface area contributed by atoms with Crippen LogP contribution in [0.1, 0.15) is 0 Å². The van der Waals surface area contributed by atoms with E-state index in [-0.39, 0.29) is 5.95 Å². The smallest absolute Gasteiger partial charge is 0.238 e. The molecule has 0 unspecified atom stereocenters. The Kier molecular flexibility index (Phi) is 3.83. The first-order valence-corrected chi connectivity index (χ1v) is 7.13. The molecule has 104 valence electrons. The van der Waals surface area contributed by atoms with Crippen molar-refractivity contribution >= 4 is 21.9 Å². The van der Waals surface area contributed by atoms with Gasteiger partial charge in [0.2, 0.25) is 11.8 Å². The lowest BCUT2D eigenvalue weighted by Gasteiger charge is -2.08. The molecule has 0 fully saturated rings. The molecule has 1 heterocycles.